The molecule has 16 heavy (non-hydrogen) atoms. The Kier molecular flexibility index (Phi) is 1.12. The summed E-state index contributed by atoms with van der Waals surface area (Å²) in [6.07, 6.45) is -13.1. The third kappa shape index (κ3) is 1.65. The third-order valence-corrected chi connectivity index (χ3v) is 2.24. The highest BCUT2D eigenvalue weighted by Crippen LogP contribution is 2.40. The Balaban J connectivity index is 2.85. The number of non-ortho nitro benzene ring substituents is 1. The predicted octanol–water partition coefficient (Wildman–Crippen LogP) is 2.93. The van der Waals surface area contributed by atoms with E-state index in [1.165, 1.54) is 6.07 Å². The first-order valence-corrected chi connectivity index (χ1v) is 4.38. The molecule has 0 unspecified atom stereocenters. The molecule has 0 N–H and O–H groups in total. The number of nitrogens with zero attached hydrogens (tertiary/aromatic N) is 2. The zero-order valence-electron chi connectivity index (χ0n) is 16.0. The van der Waals surface area contributed by atoms with Crippen molar-refractivity contribution in [3.63, 3.8) is 0 Å². The average molecular weight is 224 g/mol. The number of benzene rings is 1. The van der Waals surface area contributed by atoms with Crippen molar-refractivity contribution in [2.45, 2.75) is 30.9 Å². The van der Waals surface area contributed by atoms with Crippen LogP contribution in [0.4, 0.5) is 5.69 Å². The van der Waals surface area contributed by atoms with Crippen molar-refractivity contribution in [1.82, 2.24) is 0 Å². The van der Waals surface area contributed by atoms with Gasteiger partial charge in [-0.15, -0.1) is 0 Å². The van der Waals surface area contributed by atoms with Crippen LogP contribution in [0, 0.1) is 21.4 Å². The van der Waals surface area contributed by atoms with E-state index in [0.29, 0.717) is 0 Å². The summed E-state index contributed by atoms with van der Waals surface area (Å²) in [6.45, 7) is 0. The first-order valence-electron chi connectivity index (χ1n) is 8.38. The number of rotatable bonds is 2. The molecule has 0 amide bonds. The maximum Gasteiger partial charge on any atom is 0.269 e. The normalized spacial score (nSPS) is 37.9. The van der Waals surface area contributed by atoms with Gasteiger partial charge in [-0.3, -0.25) is 10.1 Å². The summed E-state index contributed by atoms with van der Waals surface area (Å²) in [5.74, 6) is 0. The number of nitro groups is 1. The summed E-state index contributed by atoms with van der Waals surface area (Å²) in [7, 11) is 0. The highest BCUT2D eigenvalue weighted by Gasteiger charge is 2.35. The van der Waals surface area contributed by atoms with Crippen LogP contribution < -0.4 is 0 Å². The molecule has 2 rings (SSSR count). The summed E-state index contributed by atoms with van der Waals surface area (Å²) < 4.78 is 63.3. The van der Waals surface area contributed by atoms with Crippen molar-refractivity contribution in [3.8, 4) is 6.07 Å². The lowest BCUT2D eigenvalue weighted by Gasteiger charge is -2.20. The summed E-state index contributed by atoms with van der Waals surface area (Å²) in [6, 6.07) is 5.21. The van der Waals surface area contributed by atoms with Crippen molar-refractivity contribution in [2.75, 3.05) is 0 Å². The van der Waals surface area contributed by atoms with Gasteiger partial charge in [0.05, 0.1) is 16.4 Å². The monoisotopic (exact) mass is 224 g/mol. The van der Waals surface area contributed by atoms with Crippen LogP contribution in [0.3, 0.4) is 0 Å². The van der Waals surface area contributed by atoms with E-state index in [1.54, 1.807) is 0 Å². The number of nitriles is 1. The van der Waals surface area contributed by atoms with Crippen molar-refractivity contribution in [2.24, 2.45) is 0 Å². The highest BCUT2D eigenvalue weighted by atomic mass is 16.6. The summed E-state index contributed by atoms with van der Waals surface area (Å²) >= 11 is 0. The second-order valence-corrected chi connectivity index (χ2v) is 3.17. The molecule has 82 valence electrons. The molecule has 1 aliphatic rings. The van der Waals surface area contributed by atoms with E-state index in [4.69, 9.17) is 11.0 Å². The van der Waals surface area contributed by atoms with Gasteiger partial charge >= 0.3 is 0 Å². The van der Waals surface area contributed by atoms with Crippen LogP contribution in [-0.4, -0.2) is 4.92 Å². The van der Waals surface area contributed by atoms with Crippen LogP contribution in [0.2, 0.25) is 0 Å². The third-order valence-electron chi connectivity index (χ3n) is 2.24. The second kappa shape index (κ2) is 3.93. The molecule has 1 aromatic rings. The van der Waals surface area contributed by atoms with Crippen molar-refractivity contribution < 1.29 is 15.9 Å². The molecule has 0 heterocycles. The highest BCUT2D eigenvalue weighted by molar-refractivity contribution is 5.40. The molecule has 4 heteroatoms. The van der Waals surface area contributed by atoms with Gasteiger partial charge < -0.3 is 0 Å². The Morgan fingerprint density at radius 1 is 1.38 bits per heavy atom. The molecule has 1 aromatic carbocycles. The molecule has 0 atom stereocenters. The van der Waals surface area contributed by atoms with Gasteiger partial charge in [0.1, 0.15) is 0 Å². The van der Waals surface area contributed by atoms with Crippen LogP contribution >= 0.6 is 0 Å². The van der Waals surface area contributed by atoms with E-state index < -0.39 is 35.8 Å². The van der Waals surface area contributed by atoms with Gasteiger partial charge in [0.2, 0.25) is 0 Å². The average Bonchev–Trinajstić information content (AvgIpc) is 2.52. The predicted molar refractivity (Wildman–Crippen MR) is 58.9 cm³/mol. The van der Waals surface area contributed by atoms with Crippen LogP contribution in [-0.2, 0) is 5.41 Å². The molecule has 0 bridgehead atoms. The van der Waals surface area contributed by atoms with E-state index >= 15 is 0 Å². The van der Waals surface area contributed by atoms with Crippen molar-refractivity contribution >= 4 is 5.69 Å². The SMILES string of the molecule is [2H]C1([2H])C([2H])([2H])C([2H])([2H])C(C#N)(c2ccc([N+](=O)[O-])cc2)C1([2H])[2H]. The molecule has 0 aromatic heterocycles. The maximum absolute atomic E-state index is 10.7. The van der Waals surface area contributed by atoms with E-state index in [0.717, 1.165) is 24.3 Å². The molecular weight excluding hydrogens is 204 g/mol. The van der Waals surface area contributed by atoms with Gasteiger partial charge in [-0.2, -0.15) is 5.26 Å². The standard InChI is InChI=1S/C12H12N2O2/c13-9-12(7-1-2-8-12)10-3-5-11(6-4-10)14(15)16/h3-6H,1-2,7-8H2/i1D2,2D2,7D2,8D2. The van der Waals surface area contributed by atoms with E-state index in [1.807, 2.05) is 0 Å². The lowest BCUT2D eigenvalue weighted by molar-refractivity contribution is -0.384. The van der Waals surface area contributed by atoms with E-state index in [9.17, 15) is 15.4 Å². The van der Waals surface area contributed by atoms with Gasteiger partial charge in [-0.05, 0) is 18.3 Å². The number of nitro benzene ring substituents is 1. The first kappa shape index (κ1) is 4.54. The molecule has 4 nitrogen and oxygen atoms in total. The Bertz CT molecular complexity index is 712. The molecule has 1 fully saturated rings. The molecule has 0 radical (unpaired) electrons. The number of hydrogen-bond donors (Lipinski definition) is 0. The fourth-order valence-electron chi connectivity index (χ4n) is 1.38. The Labute approximate surface area is 105 Å². The van der Waals surface area contributed by atoms with E-state index in [-0.39, 0.29) is 11.3 Å². The fourth-order valence-corrected chi connectivity index (χ4v) is 1.38. The lowest BCUT2D eigenvalue weighted by Crippen LogP contribution is -2.18. The van der Waals surface area contributed by atoms with Crippen LogP contribution in [0.5, 0.6) is 0 Å². The van der Waals surface area contributed by atoms with Crippen LogP contribution in [0.25, 0.3) is 0 Å². The topological polar surface area (TPSA) is 66.9 Å². The second-order valence-electron chi connectivity index (χ2n) is 3.17. The molecule has 0 saturated heterocycles. The lowest BCUT2D eigenvalue weighted by atomic mass is 9.80. The largest absolute Gasteiger partial charge is 0.269 e. The minimum atomic E-state index is -3.32. The molecular formula is C12H12N2O2. The zero-order chi connectivity index (χ0) is 18.8. The van der Waals surface area contributed by atoms with E-state index in [2.05, 4.69) is 0 Å². The minimum absolute atomic E-state index is 0.365. The molecule has 1 aliphatic carbocycles. The number of hydrogen-bond acceptors (Lipinski definition) is 3. The van der Waals surface area contributed by atoms with Gasteiger partial charge in [-0.25, -0.2) is 0 Å². The molecule has 0 aliphatic heterocycles. The van der Waals surface area contributed by atoms with Crippen LogP contribution in [0.1, 0.15) is 42.0 Å². The Hall–Kier alpha value is -1.89. The first-order chi connectivity index (χ1) is 10.7. The fraction of sp³-hybridized carbons (Fsp3) is 0.417. The zero-order valence-corrected chi connectivity index (χ0v) is 8.02. The summed E-state index contributed by atoms with van der Waals surface area (Å²) in [5, 5.41) is 20.3. The Morgan fingerprint density at radius 3 is 2.38 bits per heavy atom. The maximum atomic E-state index is 10.7. The quantitative estimate of drug-likeness (QED) is 0.573. The van der Waals surface area contributed by atoms with Gasteiger partial charge in [0.25, 0.3) is 5.69 Å². The molecule has 1 saturated carbocycles. The van der Waals surface area contributed by atoms with Gasteiger partial charge in [0, 0.05) is 23.1 Å². The van der Waals surface area contributed by atoms with Crippen molar-refractivity contribution in [1.29, 1.82) is 5.26 Å². The summed E-state index contributed by atoms with van der Waals surface area (Å²) in [5.41, 5.74) is -3.57. The van der Waals surface area contributed by atoms with Crippen LogP contribution in [0.15, 0.2) is 24.3 Å². The minimum Gasteiger partial charge on any atom is -0.258 e. The Morgan fingerprint density at radius 2 is 1.94 bits per heavy atom. The van der Waals surface area contributed by atoms with Gasteiger partial charge in [0.15, 0.2) is 0 Å². The van der Waals surface area contributed by atoms with Gasteiger partial charge in [-0.1, -0.05) is 24.9 Å². The van der Waals surface area contributed by atoms with Crippen molar-refractivity contribution in [3.05, 3.63) is 39.9 Å². The summed E-state index contributed by atoms with van der Waals surface area (Å²) in [4.78, 5) is 9.98. The smallest absolute Gasteiger partial charge is 0.258 e. The molecule has 0 spiro atoms.